The average molecular weight is 173 g/mol. The van der Waals surface area contributed by atoms with E-state index >= 15 is 0 Å². The molecule has 0 aromatic carbocycles. The fourth-order valence-electron chi connectivity index (χ4n) is 1.03. The van der Waals surface area contributed by atoms with Crippen LogP contribution in [0.15, 0.2) is 24.5 Å². The number of pyridine rings is 1. The molecular weight excluding hydrogens is 162 g/mol. The summed E-state index contributed by atoms with van der Waals surface area (Å²) in [5.41, 5.74) is 0.715. The van der Waals surface area contributed by atoms with Crippen molar-refractivity contribution in [3.63, 3.8) is 0 Å². The van der Waals surface area contributed by atoms with Gasteiger partial charge in [0, 0.05) is 30.8 Å². The van der Waals surface area contributed by atoms with Crippen molar-refractivity contribution < 1.29 is 4.79 Å². The molecule has 1 heterocycles. The SMILES string of the molecule is C#CCCCC(=O)c1ccncc1. The number of hydrogen-bond donors (Lipinski definition) is 0. The van der Waals surface area contributed by atoms with E-state index in [9.17, 15) is 4.79 Å². The molecule has 0 unspecified atom stereocenters. The molecule has 0 radical (unpaired) electrons. The quantitative estimate of drug-likeness (QED) is 0.396. The molecule has 2 heteroatoms. The number of ketones is 1. The molecule has 0 saturated heterocycles. The molecule has 0 atom stereocenters. The molecule has 0 saturated carbocycles. The van der Waals surface area contributed by atoms with Crippen LogP contribution >= 0.6 is 0 Å². The van der Waals surface area contributed by atoms with Gasteiger partial charge < -0.3 is 0 Å². The van der Waals surface area contributed by atoms with Gasteiger partial charge in [0.25, 0.3) is 0 Å². The van der Waals surface area contributed by atoms with Crippen LogP contribution in [0.2, 0.25) is 0 Å². The summed E-state index contributed by atoms with van der Waals surface area (Å²) in [6.07, 6.45) is 10.3. The lowest BCUT2D eigenvalue weighted by atomic mass is 10.1. The zero-order valence-electron chi connectivity index (χ0n) is 7.36. The lowest BCUT2D eigenvalue weighted by Gasteiger charge is -1.97. The van der Waals surface area contributed by atoms with E-state index in [1.54, 1.807) is 24.5 Å². The predicted octanol–water partition coefficient (Wildman–Crippen LogP) is 2.07. The highest BCUT2D eigenvalue weighted by molar-refractivity contribution is 5.95. The van der Waals surface area contributed by atoms with E-state index in [0.717, 1.165) is 6.42 Å². The molecule has 13 heavy (non-hydrogen) atoms. The highest BCUT2D eigenvalue weighted by atomic mass is 16.1. The van der Waals surface area contributed by atoms with E-state index in [1.807, 2.05) is 0 Å². The highest BCUT2D eigenvalue weighted by Gasteiger charge is 2.03. The number of aromatic nitrogens is 1. The van der Waals surface area contributed by atoms with Gasteiger partial charge in [0.15, 0.2) is 5.78 Å². The van der Waals surface area contributed by atoms with Crippen LogP contribution in [0.25, 0.3) is 0 Å². The normalized spacial score (nSPS) is 9.15. The van der Waals surface area contributed by atoms with Gasteiger partial charge in [-0.3, -0.25) is 9.78 Å². The maximum absolute atomic E-state index is 11.4. The molecule has 66 valence electrons. The lowest BCUT2D eigenvalue weighted by molar-refractivity contribution is 0.0980. The van der Waals surface area contributed by atoms with Crippen molar-refractivity contribution in [2.45, 2.75) is 19.3 Å². The van der Waals surface area contributed by atoms with Crippen molar-refractivity contribution >= 4 is 5.78 Å². The Balaban J connectivity index is 2.46. The first kappa shape index (κ1) is 9.47. The van der Waals surface area contributed by atoms with Gasteiger partial charge in [-0.2, -0.15) is 0 Å². The first-order valence-corrected chi connectivity index (χ1v) is 4.21. The Morgan fingerprint density at radius 3 is 2.77 bits per heavy atom. The molecular formula is C11H11NO. The van der Waals surface area contributed by atoms with Crippen molar-refractivity contribution in [2.24, 2.45) is 0 Å². The molecule has 0 aliphatic rings. The molecule has 0 aliphatic carbocycles. The largest absolute Gasteiger partial charge is 0.294 e. The second-order valence-electron chi connectivity index (χ2n) is 2.72. The van der Waals surface area contributed by atoms with Gasteiger partial charge in [-0.05, 0) is 18.6 Å². The second-order valence-corrected chi connectivity index (χ2v) is 2.72. The first-order valence-electron chi connectivity index (χ1n) is 4.21. The lowest BCUT2D eigenvalue weighted by Crippen LogP contribution is -1.98. The molecule has 1 aromatic heterocycles. The monoisotopic (exact) mass is 173 g/mol. The maximum Gasteiger partial charge on any atom is 0.163 e. The van der Waals surface area contributed by atoms with Crippen LogP contribution < -0.4 is 0 Å². The summed E-state index contributed by atoms with van der Waals surface area (Å²) in [5, 5.41) is 0. The third-order valence-corrected chi connectivity index (χ3v) is 1.73. The molecule has 0 aliphatic heterocycles. The van der Waals surface area contributed by atoms with Crippen molar-refractivity contribution in [3.05, 3.63) is 30.1 Å². The van der Waals surface area contributed by atoms with Gasteiger partial charge in [0.2, 0.25) is 0 Å². The van der Waals surface area contributed by atoms with Crippen LogP contribution in [0.1, 0.15) is 29.6 Å². The number of unbranched alkanes of at least 4 members (excludes halogenated alkanes) is 1. The minimum absolute atomic E-state index is 0.137. The Labute approximate surface area is 78.0 Å². The van der Waals surface area contributed by atoms with Crippen LogP contribution in [0.5, 0.6) is 0 Å². The maximum atomic E-state index is 11.4. The summed E-state index contributed by atoms with van der Waals surface area (Å²) in [6, 6.07) is 3.44. The number of terminal acetylenes is 1. The number of nitrogens with zero attached hydrogens (tertiary/aromatic N) is 1. The highest BCUT2D eigenvalue weighted by Crippen LogP contribution is 2.04. The Morgan fingerprint density at radius 1 is 1.46 bits per heavy atom. The van der Waals surface area contributed by atoms with Gasteiger partial charge >= 0.3 is 0 Å². The van der Waals surface area contributed by atoms with Gasteiger partial charge in [-0.1, -0.05) is 0 Å². The topological polar surface area (TPSA) is 30.0 Å². The van der Waals surface area contributed by atoms with Crippen molar-refractivity contribution in [3.8, 4) is 12.3 Å². The predicted molar refractivity (Wildman–Crippen MR) is 51.3 cm³/mol. The van der Waals surface area contributed by atoms with Crippen LogP contribution in [-0.2, 0) is 0 Å². The molecule has 2 nitrogen and oxygen atoms in total. The summed E-state index contributed by atoms with van der Waals surface area (Å²) in [6.45, 7) is 0. The molecule has 0 N–H and O–H groups in total. The Hall–Kier alpha value is -1.62. The smallest absolute Gasteiger partial charge is 0.163 e. The minimum Gasteiger partial charge on any atom is -0.294 e. The van der Waals surface area contributed by atoms with Crippen molar-refractivity contribution in [2.75, 3.05) is 0 Å². The fourth-order valence-corrected chi connectivity index (χ4v) is 1.03. The van der Waals surface area contributed by atoms with Crippen LogP contribution in [0.3, 0.4) is 0 Å². The third kappa shape index (κ3) is 3.08. The number of hydrogen-bond acceptors (Lipinski definition) is 2. The molecule has 1 aromatic rings. The summed E-state index contributed by atoms with van der Waals surface area (Å²) < 4.78 is 0. The second kappa shape index (κ2) is 5.10. The van der Waals surface area contributed by atoms with Crippen LogP contribution in [0.4, 0.5) is 0 Å². The van der Waals surface area contributed by atoms with E-state index < -0.39 is 0 Å². The Morgan fingerprint density at radius 2 is 2.15 bits per heavy atom. The minimum atomic E-state index is 0.137. The Kier molecular flexibility index (Phi) is 3.72. The van der Waals surface area contributed by atoms with Crippen LogP contribution in [-0.4, -0.2) is 10.8 Å². The van der Waals surface area contributed by atoms with Crippen molar-refractivity contribution in [1.82, 2.24) is 4.98 Å². The van der Waals surface area contributed by atoms with E-state index in [-0.39, 0.29) is 5.78 Å². The van der Waals surface area contributed by atoms with E-state index in [1.165, 1.54) is 0 Å². The van der Waals surface area contributed by atoms with Gasteiger partial charge in [0.1, 0.15) is 0 Å². The third-order valence-electron chi connectivity index (χ3n) is 1.73. The molecule has 0 amide bonds. The van der Waals surface area contributed by atoms with Crippen LogP contribution in [0, 0.1) is 12.3 Å². The number of carbonyl (C=O) groups is 1. The summed E-state index contributed by atoms with van der Waals surface area (Å²) >= 11 is 0. The van der Waals surface area contributed by atoms with E-state index in [2.05, 4.69) is 10.9 Å². The summed E-state index contributed by atoms with van der Waals surface area (Å²) in [5.74, 6) is 2.65. The Bertz CT molecular complexity index is 311. The molecule has 0 fully saturated rings. The number of Topliss-reactive ketones (excluding diaryl/α,β-unsaturated/α-hetero) is 1. The molecule has 0 bridgehead atoms. The molecule has 0 spiro atoms. The van der Waals surface area contributed by atoms with E-state index in [4.69, 9.17) is 6.42 Å². The number of carbonyl (C=O) groups excluding carboxylic acids is 1. The average Bonchev–Trinajstić information content (AvgIpc) is 2.19. The number of rotatable bonds is 4. The van der Waals surface area contributed by atoms with Crippen molar-refractivity contribution in [1.29, 1.82) is 0 Å². The first-order chi connectivity index (χ1) is 6.34. The summed E-state index contributed by atoms with van der Waals surface area (Å²) in [7, 11) is 0. The van der Waals surface area contributed by atoms with Gasteiger partial charge in [-0.25, -0.2) is 0 Å². The zero-order chi connectivity index (χ0) is 9.52. The van der Waals surface area contributed by atoms with Gasteiger partial charge in [-0.15, -0.1) is 12.3 Å². The standard InChI is InChI=1S/C11H11NO/c1-2-3-4-5-11(13)10-6-8-12-9-7-10/h1,6-9H,3-5H2. The molecule has 1 rings (SSSR count). The zero-order valence-corrected chi connectivity index (χ0v) is 7.36. The fraction of sp³-hybridized carbons (Fsp3) is 0.273. The summed E-state index contributed by atoms with van der Waals surface area (Å²) in [4.78, 5) is 15.3. The van der Waals surface area contributed by atoms with E-state index in [0.29, 0.717) is 18.4 Å². The van der Waals surface area contributed by atoms with Gasteiger partial charge in [0.05, 0.1) is 0 Å².